The smallest absolute Gasteiger partial charge is 0.244 e. The lowest BCUT2D eigenvalue weighted by molar-refractivity contribution is -0.115. The second kappa shape index (κ2) is 5.88. The number of nitrogens with zero attached hydrogens (tertiary/aromatic N) is 3. The first kappa shape index (κ1) is 13.5. The first-order valence-corrected chi connectivity index (χ1v) is 6.96. The van der Waals surface area contributed by atoms with Crippen LogP contribution >= 0.6 is 0 Å². The third kappa shape index (κ3) is 2.85. The largest absolute Gasteiger partial charge is 0.323 e. The van der Waals surface area contributed by atoms with E-state index in [0.717, 1.165) is 30.0 Å². The van der Waals surface area contributed by atoms with Gasteiger partial charge in [-0.15, -0.1) is 0 Å². The maximum Gasteiger partial charge on any atom is 0.244 e. The van der Waals surface area contributed by atoms with Gasteiger partial charge in [-0.1, -0.05) is 19.1 Å². The number of aromatic nitrogens is 2. The van der Waals surface area contributed by atoms with Gasteiger partial charge in [0.05, 0.1) is 11.4 Å². The van der Waals surface area contributed by atoms with E-state index < -0.39 is 0 Å². The number of para-hydroxylation sites is 2. The number of fused-ring (bicyclic) bond motifs is 1. The van der Waals surface area contributed by atoms with Gasteiger partial charge < -0.3 is 10.6 Å². The Kier molecular flexibility index (Phi) is 3.79. The fourth-order valence-corrected chi connectivity index (χ4v) is 2.26. The topological polar surface area (TPSA) is 70.2 Å². The molecule has 0 atom stereocenters. The molecule has 2 heterocycles. The predicted molar refractivity (Wildman–Crippen MR) is 81.5 cm³/mol. The molecule has 0 saturated carbocycles. The van der Waals surface area contributed by atoms with Crippen molar-refractivity contribution < 1.29 is 4.79 Å². The van der Waals surface area contributed by atoms with Crippen LogP contribution in [0.3, 0.4) is 0 Å². The molecule has 1 aliphatic rings. The highest BCUT2D eigenvalue weighted by molar-refractivity contribution is 6.02. The summed E-state index contributed by atoms with van der Waals surface area (Å²) in [6.45, 7) is 3.93. The van der Waals surface area contributed by atoms with Gasteiger partial charge in [0.25, 0.3) is 0 Å². The summed E-state index contributed by atoms with van der Waals surface area (Å²) < 4.78 is 0. The van der Waals surface area contributed by atoms with Gasteiger partial charge in [-0.25, -0.2) is 9.97 Å². The van der Waals surface area contributed by atoms with E-state index in [1.54, 1.807) is 12.4 Å². The number of benzene rings is 1. The number of nitrogens with one attached hydrogen (secondary N) is 2. The van der Waals surface area contributed by atoms with Crippen LogP contribution in [-0.2, 0) is 11.3 Å². The van der Waals surface area contributed by atoms with E-state index >= 15 is 0 Å². The highest BCUT2D eigenvalue weighted by Crippen LogP contribution is 2.32. The number of amides is 1. The SMILES string of the molecule is CCNCc1cnc(N2CC(=O)Nc3ccccc32)nc1. The summed E-state index contributed by atoms with van der Waals surface area (Å²) in [6, 6.07) is 7.65. The van der Waals surface area contributed by atoms with Crippen LogP contribution in [0.5, 0.6) is 0 Å². The van der Waals surface area contributed by atoms with Crippen LogP contribution in [0, 0.1) is 0 Å². The molecule has 0 saturated heterocycles. The summed E-state index contributed by atoms with van der Waals surface area (Å²) in [6.07, 6.45) is 3.58. The van der Waals surface area contributed by atoms with Crippen LogP contribution in [0.4, 0.5) is 17.3 Å². The van der Waals surface area contributed by atoms with Crippen LogP contribution in [-0.4, -0.2) is 29.0 Å². The van der Waals surface area contributed by atoms with Gasteiger partial charge in [-0.05, 0) is 18.7 Å². The van der Waals surface area contributed by atoms with E-state index in [1.165, 1.54) is 0 Å². The Morgan fingerprint density at radius 3 is 2.81 bits per heavy atom. The third-order valence-electron chi connectivity index (χ3n) is 3.28. The normalized spacial score (nSPS) is 13.8. The molecule has 108 valence electrons. The van der Waals surface area contributed by atoms with Gasteiger partial charge in [0.2, 0.25) is 11.9 Å². The molecule has 21 heavy (non-hydrogen) atoms. The minimum atomic E-state index is -0.0611. The van der Waals surface area contributed by atoms with E-state index in [1.807, 2.05) is 29.2 Å². The average molecular weight is 283 g/mol. The molecule has 0 spiro atoms. The van der Waals surface area contributed by atoms with Crippen molar-refractivity contribution in [3.05, 3.63) is 42.2 Å². The Morgan fingerprint density at radius 2 is 2.05 bits per heavy atom. The molecule has 0 radical (unpaired) electrons. The molecule has 3 rings (SSSR count). The standard InChI is InChI=1S/C15H17N5O/c1-2-16-7-11-8-17-15(18-9-11)20-10-14(21)19-12-5-3-4-6-13(12)20/h3-6,8-9,16H,2,7,10H2,1H3,(H,19,21). The summed E-state index contributed by atoms with van der Waals surface area (Å²) in [5, 5.41) is 6.08. The van der Waals surface area contributed by atoms with Crippen LogP contribution in [0.25, 0.3) is 0 Å². The van der Waals surface area contributed by atoms with Gasteiger partial charge in [0.1, 0.15) is 6.54 Å². The Morgan fingerprint density at radius 1 is 1.29 bits per heavy atom. The zero-order chi connectivity index (χ0) is 14.7. The molecule has 1 aliphatic heterocycles. The molecule has 1 amide bonds. The number of rotatable bonds is 4. The maximum absolute atomic E-state index is 11.8. The fraction of sp³-hybridized carbons (Fsp3) is 0.267. The molecule has 0 unspecified atom stereocenters. The maximum atomic E-state index is 11.8. The van der Waals surface area contributed by atoms with Gasteiger partial charge in [-0.2, -0.15) is 0 Å². The molecule has 0 bridgehead atoms. The van der Waals surface area contributed by atoms with Crippen molar-refractivity contribution >= 4 is 23.2 Å². The lowest BCUT2D eigenvalue weighted by Gasteiger charge is -2.28. The van der Waals surface area contributed by atoms with Crippen molar-refractivity contribution in [3.63, 3.8) is 0 Å². The van der Waals surface area contributed by atoms with Crippen LogP contribution in [0.2, 0.25) is 0 Å². The Labute approximate surface area is 123 Å². The summed E-state index contributed by atoms with van der Waals surface area (Å²) in [4.78, 5) is 22.4. The molecule has 1 aromatic carbocycles. The van der Waals surface area contributed by atoms with E-state index in [4.69, 9.17) is 0 Å². The molecule has 6 heteroatoms. The summed E-state index contributed by atoms with van der Waals surface area (Å²) in [5.41, 5.74) is 2.72. The minimum Gasteiger partial charge on any atom is -0.323 e. The second-order valence-corrected chi connectivity index (χ2v) is 4.82. The Balaban J connectivity index is 1.88. The van der Waals surface area contributed by atoms with Gasteiger partial charge in [-0.3, -0.25) is 9.69 Å². The number of anilines is 3. The molecule has 0 aliphatic carbocycles. The quantitative estimate of drug-likeness (QED) is 0.893. The first-order valence-electron chi connectivity index (χ1n) is 6.96. The van der Waals surface area contributed by atoms with E-state index in [-0.39, 0.29) is 12.5 Å². The van der Waals surface area contributed by atoms with Gasteiger partial charge >= 0.3 is 0 Å². The Bertz CT molecular complexity index is 641. The molecule has 2 aromatic rings. The molecular formula is C15H17N5O. The third-order valence-corrected chi connectivity index (χ3v) is 3.28. The summed E-state index contributed by atoms with van der Waals surface area (Å²) in [7, 11) is 0. The van der Waals surface area contributed by atoms with Crippen LogP contribution in [0.15, 0.2) is 36.7 Å². The molecular weight excluding hydrogens is 266 g/mol. The highest BCUT2D eigenvalue weighted by atomic mass is 16.2. The number of hydrogen-bond acceptors (Lipinski definition) is 5. The van der Waals surface area contributed by atoms with Crippen molar-refractivity contribution in [2.45, 2.75) is 13.5 Å². The van der Waals surface area contributed by atoms with Gasteiger partial charge in [0.15, 0.2) is 0 Å². The fourth-order valence-electron chi connectivity index (χ4n) is 2.26. The first-order chi connectivity index (χ1) is 10.3. The lowest BCUT2D eigenvalue weighted by Crippen LogP contribution is -2.35. The van der Waals surface area contributed by atoms with Crippen molar-refractivity contribution in [3.8, 4) is 0 Å². The summed E-state index contributed by atoms with van der Waals surface area (Å²) in [5.74, 6) is 0.478. The van der Waals surface area contributed by atoms with Crippen molar-refractivity contribution in [2.24, 2.45) is 0 Å². The molecule has 0 fully saturated rings. The lowest BCUT2D eigenvalue weighted by atomic mass is 10.2. The van der Waals surface area contributed by atoms with E-state index in [2.05, 4.69) is 27.5 Å². The monoisotopic (exact) mass is 283 g/mol. The number of carbonyl (C=O) groups excluding carboxylic acids is 1. The second-order valence-electron chi connectivity index (χ2n) is 4.82. The zero-order valence-corrected chi connectivity index (χ0v) is 11.8. The molecule has 1 aromatic heterocycles. The number of carbonyl (C=O) groups is 1. The van der Waals surface area contributed by atoms with Crippen molar-refractivity contribution in [2.75, 3.05) is 23.3 Å². The number of hydrogen-bond donors (Lipinski definition) is 2. The minimum absolute atomic E-state index is 0.0611. The zero-order valence-electron chi connectivity index (χ0n) is 11.8. The van der Waals surface area contributed by atoms with Crippen LogP contribution < -0.4 is 15.5 Å². The van der Waals surface area contributed by atoms with E-state index in [0.29, 0.717) is 5.95 Å². The highest BCUT2D eigenvalue weighted by Gasteiger charge is 2.24. The molecule has 6 nitrogen and oxygen atoms in total. The van der Waals surface area contributed by atoms with Gasteiger partial charge in [0, 0.05) is 24.5 Å². The van der Waals surface area contributed by atoms with Crippen molar-refractivity contribution in [1.82, 2.24) is 15.3 Å². The van der Waals surface area contributed by atoms with E-state index in [9.17, 15) is 4.79 Å². The summed E-state index contributed by atoms with van der Waals surface area (Å²) >= 11 is 0. The molecule has 2 N–H and O–H groups in total. The van der Waals surface area contributed by atoms with Crippen molar-refractivity contribution in [1.29, 1.82) is 0 Å². The Hall–Kier alpha value is -2.47. The average Bonchev–Trinajstić information content (AvgIpc) is 2.52. The van der Waals surface area contributed by atoms with Crippen LogP contribution in [0.1, 0.15) is 12.5 Å². The predicted octanol–water partition coefficient (Wildman–Crippen LogP) is 1.68.